The van der Waals surface area contributed by atoms with Crippen LogP contribution in [0.4, 0.5) is 4.79 Å². The maximum absolute atomic E-state index is 10.7. The van der Waals surface area contributed by atoms with Gasteiger partial charge < -0.3 is 5.32 Å². The molecule has 4 nitrogen and oxygen atoms in total. The highest BCUT2D eigenvalue weighted by atomic mass is 16.2. The molecule has 0 bridgehead atoms. The van der Waals surface area contributed by atoms with Crippen LogP contribution in [-0.4, -0.2) is 11.9 Å². The van der Waals surface area contributed by atoms with Gasteiger partial charge in [0.1, 0.15) is 5.70 Å². The van der Waals surface area contributed by atoms with E-state index < -0.39 is 6.03 Å². The Balaban J connectivity index is 2.72. The first-order valence-electron chi connectivity index (χ1n) is 3.06. The Morgan fingerprint density at radius 1 is 1.40 bits per heavy atom. The third-order valence-electron chi connectivity index (χ3n) is 1.13. The summed E-state index contributed by atoms with van der Waals surface area (Å²) in [6.45, 7) is 1.89. The molecule has 1 aliphatic rings. The maximum atomic E-state index is 10.7. The summed E-state index contributed by atoms with van der Waals surface area (Å²) in [6.07, 6.45) is 2.41. The number of rotatable bonds is 1. The number of hydrogen-bond donors (Lipinski definition) is 2. The SMILES string of the molecule is CCC=C1NC(=O)NC1=O. The maximum Gasteiger partial charge on any atom is 0.326 e. The smallest absolute Gasteiger partial charge is 0.303 e. The van der Waals surface area contributed by atoms with Crippen molar-refractivity contribution in [3.8, 4) is 0 Å². The van der Waals surface area contributed by atoms with E-state index in [1.165, 1.54) is 0 Å². The molecule has 54 valence electrons. The number of amides is 3. The molecular formula is C6H8N2O2. The number of carbonyl (C=O) groups excluding carboxylic acids is 2. The van der Waals surface area contributed by atoms with Crippen molar-refractivity contribution in [2.45, 2.75) is 13.3 Å². The summed E-state index contributed by atoms with van der Waals surface area (Å²) < 4.78 is 0. The minimum atomic E-state index is -0.440. The Morgan fingerprint density at radius 3 is 2.50 bits per heavy atom. The fourth-order valence-corrected chi connectivity index (χ4v) is 0.729. The van der Waals surface area contributed by atoms with E-state index in [0.717, 1.165) is 6.42 Å². The lowest BCUT2D eigenvalue weighted by molar-refractivity contribution is -0.115. The zero-order valence-electron chi connectivity index (χ0n) is 5.60. The van der Waals surface area contributed by atoms with Crippen LogP contribution in [0.5, 0.6) is 0 Å². The van der Waals surface area contributed by atoms with Crippen molar-refractivity contribution in [1.82, 2.24) is 10.6 Å². The van der Waals surface area contributed by atoms with Gasteiger partial charge in [-0.2, -0.15) is 0 Å². The largest absolute Gasteiger partial charge is 0.326 e. The summed E-state index contributed by atoms with van der Waals surface area (Å²) in [5, 5.41) is 4.46. The molecule has 0 aromatic heterocycles. The van der Waals surface area contributed by atoms with Gasteiger partial charge in [-0.25, -0.2) is 4.79 Å². The van der Waals surface area contributed by atoms with E-state index in [-0.39, 0.29) is 5.91 Å². The summed E-state index contributed by atoms with van der Waals surface area (Å²) in [4.78, 5) is 21.2. The van der Waals surface area contributed by atoms with E-state index in [1.807, 2.05) is 6.92 Å². The molecule has 3 amide bonds. The molecule has 0 unspecified atom stereocenters. The van der Waals surface area contributed by atoms with E-state index in [4.69, 9.17) is 0 Å². The molecule has 1 fully saturated rings. The molecule has 1 rings (SSSR count). The van der Waals surface area contributed by atoms with Crippen LogP contribution in [0.1, 0.15) is 13.3 Å². The molecule has 0 aromatic carbocycles. The normalized spacial score (nSPS) is 21.1. The van der Waals surface area contributed by atoms with Crippen LogP contribution in [0.2, 0.25) is 0 Å². The highest BCUT2D eigenvalue weighted by molar-refractivity contribution is 6.11. The van der Waals surface area contributed by atoms with Crippen LogP contribution in [0, 0.1) is 0 Å². The number of urea groups is 1. The minimum Gasteiger partial charge on any atom is -0.303 e. The second-order valence-electron chi connectivity index (χ2n) is 1.93. The summed E-state index contributed by atoms with van der Waals surface area (Å²) in [5.41, 5.74) is 0.354. The molecule has 2 N–H and O–H groups in total. The Labute approximate surface area is 58.3 Å². The second-order valence-corrected chi connectivity index (χ2v) is 1.93. The molecule has 1 saturated heterocycles. The molecule has 0 spiro atoms. The Hall–Kier alpha value is -1.32. The molecule has 0 radical (unpaired) electrons. The van der Waals surface area contributed by atoms with Gasteiger partial charge >= 0.3 is 6.03 Å². The van der Waals surface area contributed by atoms with Crippen molar-refractivity contribution in [1.29, 1.82) is 0 Å². The highest BCUT2D eigenvalue weighted by Crippen LogP contribution is 1.97. The summed E-state index contributed by atoms with van der Waals surface area (Å²) in [5.74, 6) is -0.341. The standard InChI is InChI=1S/C6H8N2O2/c1-2-3-4-5(9)8-6(10)7-4/h3H,2H2,1H3,(H2,7,8,9,10). The molecule has 10 heavy (non-hydrogen) atoms. The lowest BCUT2D eigenvalue weighted by Crippen LogP contribution is -2.22. The molecule has 0 aliphatic carbocycles. The molecular weight excluding hydrogens is 132 g/mol. The van der Waals surface area contributed by atoms with Crippen LogP contribution < -0.4 is 10.6 Å². The zero-order valence-corrected chi connectivity index (χ0v) is 5.60. The van der Waals surface area contributed by atoms with Crippen molar-refractivity contribution in [2.75, 3.05) is 0 Å². The molecule has 0 aromatic rings. The van der Waals surface area contributed by atoms with Crippen LogP contribution in [0.15, 0.2) is 11.8 Å². The van der Waals surface area contributed by atoms with Gasteiger partial charge in [-0.3, -0.25) is 10.1 Å². The van der Waals surface area contributed by atoms with Gasteiger partial charge in [-0.05, 0) is 6.42 Å². The van der Waals surface area contributed by atoms with Gasteiger partial charge in [0.2, 0.25) is 0 Å². The van der Waals surface area contributed by atoms with Gasteiger partial charge in [0.25, 0.3) is 5.91 Å². The number of imide groups is 1. The van der Waals surface area contributed by atoms with Gasteiger partial charge in [-0.1, -0.05) is 13.0 Å². The third-order valence-corrected chi connectivity index (χ3v) is 1.13. The second kappa shape index (κ2) is 2.51. The van der Waals surface area contributed by atoms with Crippen molar-refractivity contribution < 1.29 is 9.59 Å². The van der Waals surface area contributed by atoms with Gasteiger partial charge in [0.15, 0.2) is 0 Å². The van der Waals surface area contributed by atoms with E-state index in [0.29, 0.717) is 5.70 Å². The molecule has 4 heteroatoms. The summed E-state index contributed by atoms with van der Waals surface area (Å²) in [7, 11) is 0. The van der Waals surface area contributed by atoms with E-state index in [1.54, 1.807) is 6.08 Å². The predicted octanol–water partition coefficient (Wildman–Crippen LogP) is 0.120. The molecule has 0 saturated carbocycles. The first-order valence-corrected chi connectivity index (χ1v) is 3.06. The lowest BCUT2D eigenvalue weighted by atomic mass is 10.3. The fraction of sp³-hybridized carbons (Fsp3) is 0.333. The van der Waals surface area contributed by atoms with Gasteiger partial charge in [0, 0.05) is 0 Å². The minimum absolute atomic E-state index is 0.341. The molecule has 1 aliphatic heterocycles. The number of allylic oxidation sites excluding steroid dienone is 1. The number of hydrogen-bond acceptors (Lipinski definition) is 2. The lowest BCUT2D eigenvalue weighted by Gasteiger charge is -1.88. The first kappa shape index (κ1) is 6.80. The van der Waals surface area contributed by atoms with E-state index in [2.05, 4.69) is 10.6 Å². The van der Waals surface area contributed by atoms with Crippen molar-refractivity contribution in [3.63, 3.8) is 0 Å². The average molecular weight is 140 g/mol. The Morgan fingerprint density at radius 2 is 2.10 bits per heavy atom. The first-order chi connectivity index (χ1) is 4.74. The summed E-state index contributed by atoms with van der Waals surface area (Å²) in [6, 6.07) is -0.440. The van der Waals surface area contributed by atoms with Crippen LogP contribution >= 0.6 is 0 Å². The number of carbonyl (C=O) groups is 2. The monoisotopic (exact) mass is 140 g/mol. The van der Waals surface area contributed by atoms with Gasteiger partial charge in [-0.15, -0.1) is 0 Å². The van der Waals surface area contributed by atoms with E-state index >= 15 is 0 Å². The zero-order chi connectivity index (χ0) is 7.56. The predicted molar refractivity (Wildman–Crippen MR) is 35.0 cm³/mol. The van der Waals surface area contributed by atoms with Crippen LogP contribution in [0.25, 0.3) is 0 Å². The highest BCUT2D eigenvalue weighted by Gasteiger charge is 2.21. The van der Waals surface area contributed by atoms with Crippen molar-refractivity contribution in [2.24, 2.45) is 0 Å². The molecule has 1 heterocycles. The molecule has 0 atom stereocenters. The average Bonchev–Trinajstić information content (AvgIpc) is 2.13. The Kier molecular flexibility index (Phi) is 1.71. The third kappa shape index (κ3) is 1.15. The fourth-order valence-electron chi connectivity index (χ4n) is 0.729. The van der Waals surface area contributed by atoms with Crippen molar-refractivity contribution >= 4 is 11.9 Å². The van der Waals surface area contributed by atoms with Gasteiger partial charge in [0.05, 0.1) is 0 Å². The van der Waals surface area contributed by atoms with E-state index in [9.17, 15) is 9.59 Å². The topological polar surface area (TPSA) is 58.2 Å². The van der Waals surface area contributed by atoms with Crippen LogP contribution in [-0.2, 0) is 4.79 Å². The Bertz CT molecular complexity index is 208. The van der Waals surface area contributed by atoms with Crippen molar-refractivity contribution in [3.05, 3.63) is 11.8 Å². The summed E-state index contributed by atoms with van der Waals surface area (Å²) >= 11 is 0. The number of nitrogens with one attached hydrogen (secondary N) is 2. The van der Waals surface area contributed by atoms with Crippen LogP contribution in [0.3, 0.4) is 0 Å². The quantitative estimate of drug-likeness (QED) is 0.401.